The molecule has 1 aromatic carbocycles. The van der Waals surface area contributed by atoms with Crippen molar-refractivity contribution in [3.63, 3.8) is 0 Å². The highest BCUT2D eigenvalue weighted by Crippen LogP contribution is 2.16. The van der Waals surface area contributed by atoms with Gasteiger partial charge < -0.3 is 5.01 Å². The summed E-state index contributed by atoms with van der Waals surface area (Å²) in [6.45, 7) is 14.8. The maximum Gasteiger partial charge on any atom is 0.0443 e. The van der Waals surface area contributed by atoms with E-state index in [9.17, 15) is 0 Å². The minimum Gasteiger partial charge on any atom is -0.309 e. The first kappa shape index (κ1) is 18.5. The van der Waals surface area contributed by atoms with Crippen LogP contribution in [0.5, 0.6) is 0 Å². The van der Waals surface area contributed by atoms with Crippen LogP contribution in [-0.4, -0.2) is 23.6 Å². The molecule has 1 atom stereocenters. The molecule has 2 heteroatoms. The Labute approximate surface area is 137 Å². The Morgan fingerprint density at radius 3 is 2.55 bits per heavy atom. The molecule has 1 unspecified atom stereocenters. The zero-order chi connectivity index (χ0) is 16.5. The summed E-state index contributed by atoms with van der Waals surface area (Å²) in [4.78, 5) is 0. The average Bonchev–Trinajstić information content (AvgIpc) is 2.52. The normalized spacial score (nSPS) is 12.8. The van der Waals surface area contributed by atoms with Crippen LogP contribution in [0, 0.1) is 5.92 Å². The topological polar surface area (TPSA) is 6.48 Å². The second-order valence-corrected chi connectivity index (χ2v) is 6.03. The molecule has 0 N–H and O–H groups in total. The van der Waals surface area contributed by atoms with Gasteiger partial charge in [-0.3, -0.25) is 0 Å². The van der Waals surface area contributed by atoms with Crippen molar-refractivity contribution in [3.05, 3.63) is 59.8 Å². The van der Waals surface area contributed by atoms with Crippen LogP contribution >= 0.6 is 0 Å². The molecule has 0 aliphatic heterocycles. The molecular weight excluding hydrogens is 268 g/mol. The summed E-state index contributed by atoms with van der Waals surface area (Å²) in [6, 6.07) is 8.99. The van der Waals surface area contributed by atoms with Gasteiger partial charge in [0.25, 0.3) is 0 Å². The molecule has 0 saturated heterocycles. The Morgan fingerprint density at radius 1 is 1.27 bits per heavy atom. The lowest BCUT2D eigenvalue weighted by Crippen LogP contribution is -2.37. The summed E-state index contributed by atoms with van der Waals surface area (Å²) < 4.78 is 0. The lowest BCUT2D eigenvalue weighted by molar-refractivity contribution is 0.0348. The van der Waals surface area contributed by atoms with Crippen molar-refractivity contribution in [2.45, 2.75) is 47.1 Å². The fourth-order valence-corrected chi connectivity index (χ4v) is 2.52. The Morgan fingerprint density at radius 2 is 1.95 bits per heavy atom. The Kier molecular flexibility index (Phi) is 7.97. The van der Waals surface area contributed by atoms with Crippen LogP contribution < -0.4 is 0 Å². The summed E-state index contributed by atoms with van der Waals surface area (Å²) in [6.07, 6.45) is 6.47. The Bertz CT molecular complexity index is 490. The van der Waals surface area contributed by atoms with Gasteiger partial charge in [0, 0.05) is 25.8 Å². The second kappa shape index (κ2) is 9.47. The van der Waals surface area contributed by atoms with Crippen molar-refractivity contribution in [2.24, 2.45) is 5.92 Å². The number of hydrogen-bond acceptors (Lipinski definition) is 2. The van der Waals surface area contributed by atoms with Crippen LogP contribution in [-0.2, 0) is 13.0 Å². The Hall–Kier alpha value is -1.54. The number of nitrogens with zero attached hydrogens (tertiary/aromatic N) is 2. The van der Waals surface area contributed by atoms with Gasteiger partial charge in [-0.15, -0.1) is 0 Å². The molecule has 0 aliphatic carbocycles. The third-order valence-corrected chi connectivity index (χ3v) is 4.20. The maximum absolute atomic E-state index is 4.12. The number of rotatable bonds is 9. The summed E-state index contributed by atoms with van der Waals surface area (Å²) in [5.41, 5.74) is 3.82. The predicted molar refractivity (Wildman–Crippen MR) is 97.4 cm³/mol. The van der Waals surface area contributed by atoms with Gasteiger partial charge in [-0.05, 0) is 36.5 Å². The zero-order valence-electron chi connectivity index (χ0n) is 15.0. The molecule has 0 radical (unpaired) electrons. The lowest BCUT2D eigenvalue weighted by Gasteiger charge is -2.33. The van der Waals surface area contributed by atoms with Crippen molar-refractivity contribution in [1.82, 2.24) is 10.0 Å². The predicted octanol–water partition coefficient (Wildman–Crippen LogP) is 5.03. The first-order valence-electron chi connectivity index (χ1n) is 8.39. The molecule has 0 spiro atoms. The molecule has 1 aromatic rings. The van der Waals surface area contributed by atoms with Gasteiger partial charge in [0.05, 0.1) is 0 Å². The molecule has 0 aliphatic rings. The average molecular weight is 300 g/mol. The summed E-state index contributed by atoms with van der Waals surface area (Å²) in [5.74, 6) is 0.745. The number of hydrogen-bond donors (Lipinski definition) is 0. The van der Waals surface area contributed by atoms with Crippen molar-refractivity contribution in [2.75, 3.05) is 13.6 Å². The number of hydrazine groups is 1. The first-order valence-corrected chi connectivity index (χ1v) is 8.39. The molecule has 1 rings (SSSR count). The lowest BCUT2D eigenvalue weighted by atomic mass is 9.97. The van der Waals surface area contributed by atoms with Crippen LogP contribution in [0.3, 0.4) is 0 Å². The number of likely N-dealkylation sites (N-methyl/N-ethyl adjacent to an activating group) is 1. The highest BCUT2D eigenvalue weighted by atomic mass is 15.6. The van der Waals surface area contributed by atoms with Crippen molar-refractivity contribution in [3.8, 4) is 0 Å². The van der Waals surface area contributed by atoms with E-state index in [4.69, 9.17) is 0 Å². The minimum atomic E-state index is 0.745. The van der Waals surface area contributed by atoms with Crippen LogP contribution in [0.25, 0.3) is 0 Å². The smallest absolute Gasteiger partial charge is 0.0443 e. The van der Waals surface area contributed by atoms with Gasteiger partial charge in [-0.2, -0.15) is 0 Å². The minimum absolute atomic E-state index is 0.745. The van der Waals surface area contributed by atoms with Crippen molar-refractivity contribution < 1.29 is 0 Å². The third kappa shape index (κ3) is 5.69. The zero-order valence-corrected chi connectivity index (χ0v) is 15.0. The molecule has 0 amide bonds. The van der Waals surface area contributed by atoms with Crippen LogP contribution in [0.4, 0.5) is 0 Å². The monoisotopic (exact) mass is 300 g/mol. The van der Waals surface area contributed by atoms with Gasteiger partial charge in [-0.1, -0.05) is 64.1 Å². The summed E-state index contributed by atoms with van der Waals surface area (Å²) in [7, 11) is 2.08. The van der Waals surface area contributed by atoms with Crippen LogP contribution in [0.1, 0.15) is 45.2 Å². The van der Waals surface area contributed by atoms with Gasteiger partial charge in [0.1, 0.15) is 0 Å². The highest BCUT2D eigenvalue weighted by molar-refractivity contribution is 5.24. The number of allylic oxidation sites excluding steroid dienone is 2. The standard InChI is InChI=1S/C20H32N2/c1-7-11-18(5)21(6)22(9-3)16-20-13-10-12-19(15-20)14-17(4)8-2/h7,10-13,15,17H,5,8-9,14,16H2,1-4,6H3/b11-7-. The molecule has 2 nitrogen and oxygen atoms in total. The third-order valence-electron chi connectivity index (χ3n) is 4.20. The molecule has 0 aromatic heterocycles. The van der Waals surface area contributed by atoms with Crippen LogP contribution in [0.15, 0.2) is 48.7 Å². The Balaban J connectivity index is 2.78. The fraction of sp³-hybridized carbons (Fsp3) is 0.500. The largest absolute Gasteiger partial charge is 0.309 e. The van der Waals surface area contributed by atoms with E-state index in [0.29, 0.717) is 0 Å². The molecule has 122 valence electrons. The fourth-order valence-electron chi connectivity index (χ4n) is 2.52. The van der Waals surface area contributed by atoms with E-state index in [1.54, 1.807) is 0 Å². The van der Waals surface area contributed by atoms with Crippen molar-refractivity contribution >= 4 is 0 Å². The molecule has 0 bridgehead atoms. The van der Waals surface area contributed by atoms with Gasteiger partial charge in [0.15, 0.2) is 0 Å². The van der Waals surface area contributed by atoms with Crippen LogP contribution in [0.2, 0.25) is 0 Å². The molecule has 0 heterocycles. The van der Waals surface area contributed by atoms with E-state index in [1.165, 1.54) is 17.5 Å². The van der Waals surface area contributed by atoms with E-state index < -0.39 is 0 Å². The molecule has 22 heavy (non-hydrogen) atoms. The van der Waals surface area contributed by atoms with E-state index in [1.807, 2.05) is 19.1 Å². The van der Waals surface area contributed by atoms with Gasteiger partial charge in [-0.25, -0.2) is 5.01 Å². The van der Waals surface area contributed by atoms with E-state index in [0.717, 1.165) is 31.1 Å². The summed E-state index contributed by atoms with van der Waals surface area (Å²) in [5, 5.41) is 4.45. The van der Waals surface area contributed by atoms with E-state index in [2.05, 4.69) is 68.7 Å². The molecule has 0 fully saturated rings. The van der Waals surface area contributed by atoms with Gasteiger partial charge >= 0.3 is 0 Å². The first-order chi connectivity index (χ1) is 10.5. The highest BCUT2D eigenvalue weighted by Gasteiger charge is 2.11. The van der Waals surface area contributed by atoms with E-state index in [-0.39, 0.29) is 0 Å². The van der Waals surface area contributed by atoms with E-state index >= 15 is 0 Å². The summed E-state index contributed by atoms with van der Waals surface area (Å²) >= 11 is 0. The molecular formula is C20H32N2. The number of benzene rings is 1. The molecule has 0 saturated carbocycles. The van der Waals surface area contributed by atoms with Gasteiger partial charge in [0.2, 0.25) is 0 Å². The quantitative estimate of drug-likeness (QED) is 0.466. The van der Waals surface area contributed by atoms with Crippen molar-refractivity contribution in [1.29, 1.82) is 0 Å². The SMILES string of the molecule is C=C(/C=C\C)N(C)N(CC)Cc1cccc(CC(C)CC)c1. The maximum atomic E-state index is 4.12. The second-order valence-electron chi connectivity index (χ2n) is 6.03.